The number of aromatic hydroxyl groups is 4. The first-order valence-corrected chi connectivity index (χ1v) is 17.0. The van der Waals surface area contributed by atoms with Crippen molar-refractivity contribution >= 4 is 11.6 Å². The van der Waals surface area contributed by atoms with Crippen molar-refractivity contribution in [3.63, 3.8) is 0 Å². The molecule has 43 heavy (non-hydrogen) atoms. The van der Waals surface area contributed by atoms with Gasteiger partial charge in [-0.15, -0.1) is 11.6 Å². The van der Waals surface area contributed by atoms with E-state index in [-0.39, 0.29) is 52.4 Å². The maximum absolute atomic E-state index is 11.1. The van der Waals surface area contributed by atoms with Crippen molar-refractivity contribution in [1.82, 2.24) is 0 Å². The molecule has 0 amide bonds. The summed E-state index contributed by atoms with van der Waals surface area (Å²) >= 11 is 6.84. The quantitative estimate of drug-likeness (QED) is 0.220. The van der Waals surface area contributed by atoms with Gasteiger partial charge in [-0.05, 0) is 92.2 Å². The van der Waals surface area contributed by atoms with Gasteiger partial charge in [0.25, 0.3) is 0 Å². The average Bonchev–Trinajstić information content (AvgIpc) is 2.97. The standard InChI is InChI=1S/C36H55ClO6/c1-5-7-13-24-15-10-9-11-18-33(42-3)26-19-29(38)36(30(39)20-26)25(14-8-6-2)16-12-17-28(37)23-34(43-4)27-21-31(40)35(24)32(41)22-27/h19-22,24-25,28,33-34,38-41H,5-18,23H2,1-4H3/t24-,25-,28+,33+,34+/m0/s1. The summed E-state index contributed by atoms with van der Waals surface area (Å²) in [6.45, 7) is 4.30. The Morgan fingerprint density at radius 2 is 1.07 bits per heavy atom. The Morgan fingerprint density at radius 1 is 0.628 bits per heavy atom. The van der Waals surface area contributed by atoms with Crippen molar-refractivity contribution in [2.75, 3.05) is 14.2 Å². The Balaban J connectivity index is 1.93. The summed E-state index contributed by atoms with van der Waals surface area (Å²) in [5.74, 6) is 0.637. The zero-order valence-corrected chi connectivity index (χ0v) is 27.5. The molecular weight excluding hydrogens is 564 g/mol. The summed E-state index contributed by atoms with van der Waals surface area (Å²) in [4.78, 5) is 0. The van der Waals surface area contributed by atoms with Gasteiger partial charge in [0.15, 0.2) is 0 Å². The Bertz CT molecular complexity index is 1070. The highest BCUT2D eigenvalue weighted by atomic mass is 35.5. The van der Waals surface area contributed by atoms with Gasteiger partial charge in [0, 0.05) is 30.7 Å². The second-order valence-corrected chi connectivity index (χ2v) is 13.1. The Labute approximate surface area is 264 Å². The normalized spacial score (nSPS) is 24.4. The van der Waals surface area contributed by atoms with Crippen molar-refractivity contribution in [1.29, 1.82) is 0 Å². The van der Waals surface area contributed by atoms with Gasteiger partial charge in [-0.2, -0.15) is 0 Å². The molecule has 5 atom stereocenters. The molecule has 0 aromatic heterocycles. The number of halogens is 1. The van der Waals surface area contributed by atoms with Crippen LogP contribution in [0.25, 0.3) is 0 Å². The van der Waals surface area contributed by atoms with E-state index in [9.17, 15) is 20.4 Å². The molecule has 4 aliphatic carbocycles. The van der Waals surface area contributed by atoms with E-state index in [0.29, 0.717) is 17.5 Å². The van der Waals surface area contributed by atoms with E-state index in [2.05, 4.69) is 13.8 Å². The van der Waals surface area contributed by atoms with Gasteiger partial charge in [0.05, 0.1) is 12.2 Å². The minimum atomic E-state index is -0.356. The first-order chi connectivity index (χ1) is 20.7. The van der Waals surface area contributed by atoms with Crippen molar-refractivity contribution in [2.24, 2.45) is 0 Å². The summed E-state index contributed by atoms with van der Waals surface area (Å²) in [6, 6.07) is 7.04. The number of ether oxygens (including phenoxy) is 2. The van der Waals surface area contributed by atoms with E-state index < -0.39 is 0 Å². The van der Waals surface area contributed by atoms with Gasteiger partial charge in [-0.3, -0.25) is 0 Å². The fourth-order valence-electron chi connectivity index (χ4n) is 6.89. The van der Waals surface area contributed by atoms with Crippen molar-refractivity contribution in [3.8, 4) is 23.0 Å². The molecule has 0 aliphatic heterocycles. The molecule has 0 radical (unpaired) electrons. The molecule has 0 unspecified atom stereocenters. The molecule has 4 bridgehead atoms. The number of benzene rings is 2. The second-order valence-electron chi connectivity index (χ2n) is 12.5. The minimum absolute atomic E-state index is 0.0250. The number of hydrogen-bond acceptors (Lipinski definition) is 6. The summed E-state index contributed by atoms with van der Waals surface area (Å²) in [5, 5.41) is 44.4. The van der Waals surface area contributed by atoms with Crippen molar-refractivity contribution < 1.29 is 29.9 Å². The fourth-order valence-corrected chi connectivity index (χ4v) is 7.20. The van der Waals surface area contributed by atoms with Crippen LogP contribution in [0.2, 0.25) is 0 Å². The van der Waals surface area contributed by atoms with E-state index in [0.717, 1.165) is 101 Å². The maximum Gasteiger partial charge on any atom is 0.123 e. The lowest BCUT2D eigenvalue weighted by molar-refractivity contribution is 0.0925. The van der Waals surface area contributed by atoms with E-state index in [1.165, 1.54) is 0 Å². The number of alkyl halides is 1. The third-order valence-corrected chi connectivity index (χ3v) is 9.71. The van der Waals surface area contributed by atoms with Crippen molar-refractivity contribution in [2.45, 2.75) is 140 Å². The molecular formula is C36H55ClO6. The van der Waals surface area contributed by atoms with Gasteiger partial charge in [0.2, 0.25) is 0 Å². The summed E-state index contributed by atoms with van der Waals surface area (Å²) in [6.07, 6.45) is 12.7. The van der Waals surface area contributed by atoms with Crippen LogP contribution in [0.3, 0.4) is 0 Å². The van der Waals surface area contributed by atoms with E-state index in [4.69, 9.17) is 21.1 Å². The first-order valence-electron chi connectivity index (χ1n) is 16.5. The highest BCUT2D eigenvalue weighted by Crippen LogP contribution is 2.45. The van der Waals surface area contributed by atoms with Gasteiger partial charge in [-0.1, -0.05) is 65.2 Å². The lowest BCUT2D eigenvalue weighted by Crippen LogP contribution is -2.11. The third kappa shape index (κ3) is 9.92. The number of unbranched alkanes of at least 4 members (excludes halogenated alkanes) is 2. The molecule has 2 aromatic carbocycles. The summed E-state index contributed by atoms with van der Waals surface area (Å²) in [7, 11) is 3.31. The molecule has 0 heterocycles. The minimum Gasteiger partial charge on any atom is -0.508 e. The number of rotatable bonds is 8. The van der Waals surface area contributed by atoms with E-state index >= 15 is 0 Å². The molecule has 242 valence electrons. The number of phenolic OH excluding ortho intramolecular Hbond substituents is 4. The van der Waals surface area contributed by atoms with Gasteiger partial charge < -0.3 is 29.9 Å². The number of methoxy groups -OCH3 is 2. The lowest BCUT2D eigenvalue weighted by atomic mass is 9.85. The van der Waals surface area contributed by atoms with Gasteiger partial charge in [-0.25, -0.2) is 0 Å². The smallest absolute Gasteiger partial charge is 0.123 e. The summed E-state index contributed by atoms with van der Waals surface area (Å²) in [5.41, 5.74) is 2.78. The van der Waals surface area contributed by atoms with Gasteiger partial charge in [0.1, 0.15) is 23.0 Å². The van der Waals surface area contributed by atoms with Crippen LogP contribution in [0, 0.1) is 0 Å². The predicted octanol–water partition coefficient (Wildman–Crippen LogP) is 10.3. The van der Waals surface area contributed by atoms with Crippen LogP contribution in [0.4, 0.5) is 0 Å². The van der Waals surface area contributed by atoms with E-state index in [1.807, 2.05) is 0 Å². The molecule has 6 nitrogen and oxygen atoms in total. The average molecular weight is 619 g/mol. The fraction of sp³-hybridized carbons (Fsp3) is 0.667. The Kier molecular flexibility index (Phi) is 14.8. The van der Waals surface area contributed by atoms with Gasteiger partial charge >= 0.3 is 0 Å². The largest absolute Gasteiger partial charge is 0.508 e. The van der Waals surface area contributed by atoms with Crippen LogP contribution in [0.5, 0.6) is 23.0 Å². The monoisotopic (exact) mass is 618 g/mol. The van der Waals surface area contributed by atoms with Crippen LogP contribution in [0.15, 0.2) is 24.3 Å². The molecule has 4 aliphatic rings. The second kappa shape index (κ2) is 18.0. The number of phenols is 4. The predicted molar refractivity (Wildman–Crippen MR) is 175 cm³/mol. The zero-order valence-electron chi connectivity index (χ0n) is 26.8. The van der Waals surface area contributed by atoms with Crippen LogP contribution < -0.4 is 0 Å². The highest BCUT2D eigenvalue weighted by Gasteiger charge is 2.26. The molecule has 4 N–H and O–H groups in total. The topological polar surface area (TPSA) is 99.4 Å². The van der Waals surface area contributed by atoms with Crippen molar-refractivity contribution in [3.05, 3.63) is 46.5 Å². The number of hydrogen-bond donors (Lipinski definition) is 4. The molecule has 0 spiro atoms. The molecule has 0 saturated carbocycles. The highest BCUT2D eigenvalue weighted by molar-refractivity contribution is 6.20. The molecule has 2 aromatic rings. The van der Waals surface area contributed by atoms with Crippen LogP contribution >= 0.6 is 11.6 Å². The molecule has 6 rings (SSSR count). The summed E-state index contributed by atoms with van der Waals surface area (Å²) < 4.78 is 11.6. The van der Waals surface area contributed by atoms with Crippen LogP contribution in [-0.4, -0.2) is 40.0 Å². The zero-order chi connectivity index (χ0) is 31.4. The lowest BCUT2D eigenvalue weighted by Gasteiger charge is -2.25. The van der Waals surface area contributed by atoms with Crippen LogP contribution in [-0.2, 0) is 9.47 Å². The first kappa shape index (κ1) is 35.3. The molecule has 0 fully saturated rings. The molecule has 0 saturated heterocycles. The van der Waals surface area contributed by atoms with Crippen LogP contribution in [0.1, 0.15) is 156 Å². The molecule has 7 heteroatoms. The third-order valence-electron chi connectivity index (χ3n) is 9.32. The Morgan fingerprint density at radius 3 is 1.53 bits per heavy atom. The Hall–Kier alpha value is -2.15. The van der Waals surface area contributed by atoms with E-state index in [1.54, 1.807) is 38.5 Å². The SMILES string of the molecule is CCCC[C@H]1CCCCC[C@@H](OC)c2cc(O)c(c(O)c2)[C@@H](CCCC)CCC[C@@H](Cl)C[C@@H](OC)c2cc(O)c1c(O)c2. The maximum atomic E-state index is 11.1.